The summed E-state index contributed by atoms with van der Waals surface area (Å²) in [5, 5.41) is 3.85. The predicted octanol–water partition coefficient (Wildman–Crippen LogP) is 2.66. The Morgan fingerprint density at radius 3 is 2.60 bits per heavy atom. The van der Waals surface area contributed by atoms with Gasteiger partial charge in [0.05, 0.1) is 18.2 Å². The van der Waals surface area contributed by atoms with Crippen LogP contribution in [0.5, 0.6) is 0 Å². The minimum Gasteiger partial charge on any atom is -0.461 e. The van der Waals surface area contributed by atoms with Crippen LogP contribution in [0.25, 0.3) is 0 Å². The highest BCUT2D eigenvalue weighted by Gasteiger charge is 2.31. The van der Waals surface area contributed by atoms with Gasteiger partial charge in [-0.05, 0) is 24.6 Å². The van der Waals surface area contributed by atoms with E-state index in [0.29, 0.717) is 12.0 Å². The molecule has 1 unspecified atom stereocenters. The van der Waals surface area contributed by atoms with Gasteiger partial charge in [0.1, 0.15) is 5.71 Å². The Balaban J connectivity index is 2.03. The molecule has 4 nitrogen and oxygen atoms in total. The lowest BCUT2D eigenvalue weighted by atomic mass is 10.0. The lowest BCUT2D eigenvalue weighted by molar-refractivity contribution is -0.137. The van der Waals surface area contributed by atoms with E-state index in [1.165, 1.54) is 12.1 Å². The van der Waals surface area contributed by atoms with Crippen molar-refractivity contribution in [2.45, 2.75) is 25.6 Å². The van der Waals surface area contributed by atoms with Gasteiger partial charge in [-0.3, -0.25) is 0 Å². The number of benzene rings is 1. The van der Waals surface area contributed by atoms with Crippen molar-refractivity contribution in [1.82, 2.24) is 5.43 Å². The van der Waals surface area contributed by atoms with Crippen molar-refractivity contribution in [3.8, 4) is 0 Å². The summed E-state index contributed by atoms with van der Waals surface area (Å²) in [4.78, 5) is 11.5. The van der Waals surface area contributed by atoms with E-state index in [1.54, 1.807) is 6.92 Å². The largest absolute Gasteiger partial charge is 0.461 e. The van der Waals surface area contributed by atoms with Crippen LogP contribution in [0.3, 0.4) is 0 Å². The van der Waals surface area contributed by atoms with Crippen molar-refractivity contribution in [3.05, 3.63) is 35.4 Å². The molecule has 1 aliphatic heterocycles. The van der Waals surface area contributed by atoms with Crippen LogP contribution >= 0.6 is 0 Å². The maximum absolute atomic E-state index is 12.5. The molecule has 0 aromatic heterocycles. The van der Waals surface area contributed by atoms with Crippen LogP contribution in [0.15, 0.2) is 29.4 Å². The van der Waals surface area contributed by atoms with Crippen molar-refractivity contribution in [2.24, 2.45) is 5.10 Å². The van der Waals surface area contributed by atoms with Crippen LogP contribution in [0.1, 0.15) is 30.5 Å². The number of alkyl halides is 3. The molecule has 20 heavy (non-hydrogen) atoms. The Morgan fingerprint density at radius 1 is 1.40 bits per heavy atom. The first-order valence-electron chi connectivity index (χ1n) is 6.08. The molecule has 1 atom stereocenters. The molecule has 1 N–H and O–H groups in total. The lowest BCUT2D eigenvalue weighted by Gasteiger charge is -2.12. The molecule has 0 aliphatic carbocycles. The highest BCUT2D eigenvalue weighted by molar-refractivity contribution is 6.36. The Hall–Kier alpha value is -2.05. The number of carbonyl (C=O) groups is 1. The number of hydrogen-bond donors (Lipinski definition) is 1. The van der Waals surface area contributed by atoms with E-state index in [-0.39, 0.29) is 18.4 Å². The Morgan fingerprint density at radius 2 is 2.05 bits per heavy atom. The zero-order chi connectivity index (χ0) is 14.8. The maximum atomic E-state index is 12.5. The van der Waals surface area contributed by atoms with E-state index in [1.807, 2.05) is 0 Å². The quantitative estimate of drug-likeness (QED) is 0.869. The third-order valence-electron chi connectivity index (χ3n) is 2.90. The van der Waals surface area contributed by atoms with Crippen molar-refractivity contribution in [3.63, 3.8) is 0 Å². The number of carbonyl (C=O) groups excluding carboxylic acids is 1. The second-order valence-corrected chi connectivity index (χ2v) is 4.28. The number of hydrazone groups is 1. The third-order valence-corrected chi connectivity index (χ3v) is 2.90. The fourth-order valence-electron chi connectivity index (χ4n) is 1.88. The summed E-state index contributed by atoms with van der Waals surface area (Å²) in [7, 11) is 0. The second-order valence-electron chi connectivity index (χ2n) is 4.28. The van der Waals surface area contributed by atoms with Crippen LogP contribution in [0, 0.1) is 0 Å². The first-order chi connectivity index (χ1) is 9.41. The average molecular weight is 286 g/mol. The van der Waals surface area contributed by atoms with E-state index in [2.05, 4.69) is 10.5 Å². The molecule has 0 fully saturated rings. The molecule has 1 aromatic carbocycles. The van der Waals surface area contributed by atoms with E-state index in [0.717, 1.165) is 12.1 Å². The lowest BCUT2D eigenvalue weighted by Crippen LogP contribution is -2.16. The third kappa shape index (κ3) is 3.09. The molecule has 0 radical (unpaired) electrons. The molecule has 7 heteroatoms. The number of nitrogens with zero attached hydrogens (tertiary/aromatic N) is 1. The molecule has 0 saturated heterocycles. The molecular weight excluding hydrogens is 273 g/mol. The van der Waals surface area contributed by atoms with Crippen LogP contribution < -0.4 is 5.43 Å². The van der Waals surface area contributed by atoms with Gasteiger partial charge in [0.2, 0.25) is 0 Å². The van der Waals surface area contributed by atoms with Crippen molar-refractivity contribution >= 4 is 11.7 Å². The van der Waals surface area contributed by atoms with Gasteiger partial charge in [0, 0.05) is 6.42 Å². The topological polar surface area (TPSA) is 50.7 Å². The first kappa shape index (κ1) is 14.4. The SMILES string of the molecule is CCOC(=O)C1=NNC(c2ccc(C(F)(F)F)cc2)C1. The molecule has 1 aromatic rings. The molecule has 0 spiro atoms. The summed E-state index contributed by atoms with van der Waals surface area (Å²) < 4.78 is 42.2. The molecular formula is C13H13F3N2O2. The highest BCUT2D eigenvalue weighted by Crippen LogP contribution is 2.31. The standard InChI is InChI=1S/C13H13F3N2O2/c1-2-20-12(19)11-7-10(17-18-11)8-3-5-9(6-4-8)13(14,15)16/h3-6,10,17H,2,7H2,1H3. The monoisotopic (exact) mass is 286 g/mol. The van der Waals surface area contributed by atoms with Crippen molar-refractivity contribution in [1.29, 1.82) is 0 Å². The molecule has 0 bridgehead atoms. The second kappa shape index (κ2) is 5.52. The zero-order valence-electron chi connectivity index (χ0n) is 10.7. The number of rotatable bonds is 3. The van der Waals surface area contributed by atoms with Gasteiger partial charge in [-0.1, -0.05) is 12.1 Å². The summed E-state index contributed by atoms with van der Waals surface area (Å²) in [6.07, 6.45) is -4.06. The van der Waals surface area contributed by atoms with Crippen molar-refractivity contribution < 1.29 is 22.7 Å². The van der Waals surface area contributed by atoms with Gasteiger partial charge in [-0.2, -0.15) is 18.3 Å². The van der Waals surface area contributed by atoms with Crippen LogP contribution in [-0.4, -0.2) is 18.3 Å². The number of hydrogen-bond acceptors (Lipinski definition) is 4. The minimum atomic E-state index is -4.35. The smallest absolute Gasteiger partial charge is 0.416 e. The van der Waals surface area contributed by atoms with Gasteiger partial charge in [-0.25, -0.2) is 4.79 Å². The Bertz CT molecular complexity index is 523. The van der Waals surface area contributed by atoms with Crippen LogP contribution in [0.2, 0.25) is 0 Å². The van der Waals surface area contributed by atoms with Crippen molar-refractivity contribution in [2.75, 3.05) is 6.61 Å². The molecule has 0 saturated carbocycles. The summed E-state index contributed by atoms with van der Waals surface area (Å²) >= 11 is 0. The summed E-state index contributed by atoms with van der Waals surface area (Å²) in [5.41, 5.74) is 2.91. The van der Waals surface area contributed by atoms with E-state index in [4.69, 9.17) is 4.74 Å². The summed E-state index contributed by atoms with van der Waals surface area (Å²) in [6.45, 7) is 1.94. The van der Waals surface area contributed by atoms with Gasteiger partial charge in [-0.15, -0.1) is 0 Å². The summed E-state index contributed by atoms with van der Waals surface area (Å²) in [6, 6.07) is 4.48. The van der Waals surface area contributed by atoms with Gasteiger partial charge in [0.25, 0.3) is 0 Å². The average Bonchev–Trinajstić information content (AvgIpc) is 2.88. The fraction of sp³-hybridized carbons (Fsp3) is 0.385. The normalized spacial score (nSPS) is 18.4. The van der Waals surface area contributed by atoms with Gasteiger partial charge >= 0.3 is 12.1 Å². The minimum absolute atomic E-state index is 0.247. The number of nitrogens with one attached hydrogen (secondary N) is 1. The number of esters is 1. The number of ether oxygens (including phenoxy) is 1. The molecule has 2 rings (SSSR count). The highest BCUT2D eigenvalue weighted by atomic mass is 19.4. The molecule has 108 valence electrons. The summed E-state index contributed by atoms with van der Waals surface area (Å²) in [5.74, 6) is -0.505. The van der Waals surface area contributed by atoms with E-state index < -0.39 is 17.7 Å². The van der Waals surface area contributed by atoms with Gasteiger partial charge in [0.15, 0.2) is 0 Å². The first-order valence-corrected chi connectivity index (χ1v) is 6.08. The Labute approximate surface area is 113 Å². The maximum Gasteiger partial charge on any atom is 0.416 e. The van der Waals surface area contributed by atoms with Crippen LogP contribution in [-0.2, 0) is 15.7 Å². The fourth-order valence-corrected chi connectivity index (χ4v) is 1.88. The van der Waals surface area contributed by atoms with Gasteiger partial charge < -0.3 is 10.2 Å². The van der Waals surface area contributed by atoms with E-state index >= 15 is 0 Å². The zero-order valence-corrected chi connectivity index (χ0v) is 10.7. The Kier molecular flexibility index (Phi) is 3.96. The molecule has 1 aliphatic rings. The molecule has 1 heterocycles. The van der Waals surface area contributed by atoms with E-state index in [9.17, 15) is 18.0 Å². The molecule has 0 amide bonds. The predicted molar refractivity (Wildman–Crippen MR) is 66.0 cm³/mol. The van der Waals surface area contributed by atoms with Crippen LogP contribution in [0.4, 0.5) is 13.2 Å². The number of halogens is 3.